The summed E-state index contributed by atoms with van der Waals surface area (Å²) in [6.45, 7) is -0.0436. The van der Waals surface area contributed by atoms with E-state index < -0.39 is 38.2 Å². The molecular weight excluding hydrogens is 478 g/mol. The highest BCUT2D eigenvalue weighted by atomic mass is 32.2. The van der Waals surface area contributed by atoms with E-state index >= 15 is 0 Å². The van der Waals surface area contributed by atoms with Crippen LogP contribution >= 0.6 is 0 Å². The molecule has 34 heavy (non-hydrogen) atoms. The lowest BCUT2D eigenvalue weighted by Gasteiger charge is -2.34. The van der Waals surface area contributed by atoms with Gasteiger partial charge in [0.15, 0.2) is 11.7 Å². The number of carbonyl (C=O) groups is 1. The van der Waals surface area contributed by atoms with Gasteiger partial charge in [0.1, 0.15) is 28.2 Å². The molecule has 12 heteroatoms. The summed E-state index contributed by atoms with van der Waals surface area (Å²) in [5, 5.41) is 0. The fourth-order valence-corrected chi connectivity index (χ4v) is 5.14. The molecule has 0 bridgehead atoms. The van der Waals surface area contributed by atoms with Gasteiger partial charge in [-0.05, 0) is 30.3 Å². The lowest BCUT2D eigenvalue weighted by Crippen LogP contribution is -2.50. The Bertz CT molecular complexity index is 1300. The molecule has 0 radical (unpaired) electrons. The van der Waals surface area contributed by atoms with Crippen LogP contribution < -0.4 is 0 Å². The van der Waals surface area contributed by atoms with Crippen LogP contribution in [0.5, 0.6) is 0 Å². The van der Waals surface area contributed by atoms with Crippen molar-refractivity contribution >= 4 is 15.9 Å². The molecule has 0 spiro atoms. The molecule has 1 aromatic heterocycles. The summed E-state index contributed by atoms with van der Waals surface area (Å²) < 4.78 is 86.9. The Hall–Kier alpha value is -3.25. The number of sulfonamides is 1. The van der Waals surface area contributed by atoms with Gasteiger partial charge in [0, 0.05) is 39.0 Å². The van der Waals surface area contributed by atoms with Gasteiger partial charge in [-0.1, -0.05) is 6.07 Å². The Morgan fingerprint density at radius 2 is 1.65 bits per heavy atom. The minimum Gasteiger partial charge on any atom is -0.441 e. The second-order valence-corrected chi connectivity index (χ2v) is 9.48. The molecule has 0 N–H and O–H groups in total. The second kappa shape index (κ2) is 9.55. The van der Waals surface area contributed by atoms with Crippen molar-refractivity contribution in [3.05, 3.63) is 71.8 Å². The molecule has 1 fully saturated rings. The number of hydrogen-bond donors (Lipinski definition) is 0. The number of piperazine rings is 1. The van der Waals surface area contributed by atoms with Gasteiger partial charge in [0.25, 0.3) is 0 Å². The fraction of sp³-hybridized carbons (Fsp3) is 0.273. The van der Waals surface area contributed by atoms with Crippen molar-refractivity contribution < 1.29 is 35.2 Å². The van der Waals surface area contributed by atoms with Crippen LogP contribution in [0.2, 0.25) is 0 Å². The number of amides is 1. The van der Waals surface area contributed by atoms with Crippen molar-refractivity contribution in [1.29, 1.82) is 0 Å². The van der Waals surface area contributed by atoms with E-state index in [2.05, 4.69) is 4.98 Å². The molecule has 0 saturated carbocycles. The lowest BCUT2D eigenvalue weighted by molar-refractivity contribution is -0.132. The molecule has 1 aliphatic rings. The number of aromatic nitrogens is 1. The van der Waals surface area contributed by atoms with Crippen LogP contribution in [0.3, 0.4) is 0 Å². The maximum atomic E-state index is 13.9. The number of carbonyl (C=O) groups excluding carboxylic acids is 1. The summed E-state index contributed by atoms with van der Waals surface area (Å²) in [6.07, 6.45) is 1.23. The van der Waals surface area contributed by atoms with Crippen LogP contribution in [0, 0.1) is 23.3 Å². The van der Waals surface area contributed by atoms with Gasteiger partial charge in [0.05, 0.1) is 11.8 Å². The highest BCUT2D eigenvalue weighted by Gasteiger charge is 2.32. The summed E-state index contributed by atoms with van der Waals surface area (Å²) in [5.74, 6) is -3.81. The van der Waals surface area contributed by atoms with Crippen molar-refractivity contribution in [2.75, 3.05) is 26.2 Å². The predicted octanol–water partition coefficient (Wildman–Crippen LogP) is 3.36. The first-order valence-electron chi connectivity index (χ1n) is 10.3. The average Bonchev–Trinajstić information content (AvgIpc) is 3.27. The van der Waals surface area contributed by atoms with Crippen molar-refractivity contribution in [2.45, 2.75) is 17.7 Å². The molecule has 2 aromatic carbocycles. The summed E-state index contributed by atoms with van der Waals surface area (Å²) in [7, 11) is -4.26. The average molecular weight is 497 g/mol. The van der Waals surface area contributed by atoms with Crippen LogP contribution in [-0.2, 0) is 21.2 Å². The van der Waals surface area contributed by atoms with Crippen molar-refractivity contribution in [1.82, 2.24) is 14.2 Å². The van der Waals surface area contributed by atoms with E-state index in [-0.39, 0.29) is 62.1 Å². The molecule has 1 aliphatic heterocycles. The van der Waals surface area contributed by atoms with E-state index in [9.17, 15) is 30.8 Å². The van der Waals surface area contributed by atoms with Gasteiger partial charge < -0.3 is 9.32 Å². The number of aryl methyl sites for hydroxylation is 1. The van der Waals surface area contributed by atoms with Crippen molar-refractivity contribution in [3.63, 3.8) is 0 Å². The molecular formula is C22H19F4N3O4S. The van der Waals surface area contributed by atoms with Gasteiger partial charge in [0.2, 0.25) is 15.9 Å². The number of oxazole rings is 1. The third-order valence-corrected chi connectivity index (χ3v) is 7.33. The molecule has 2 heterocycles. The van der Waals surface area contributed by atoms with Crippen LogP contribution in [0.1, 0.15) is 12.3 Å². The monoisotopic (exact) mass is 497 g/mol. The maximum absolute atomic E-state index is 13.9. The van der Waals surface area contributed by atoms with Crippen LogP contribution in [0.4, 0.5) is 17.6 Å². The second-order valence-electron chi connectivity index (χ2n) is 7.57. The third-order valence-electron chi connectivity index (χ3n) is 5.42. The fourth-order valence-electron chi connectivity index (χ4n) is 3.64. The van der Waals surface area contributed by atoms with E-state index in [1.54, 1.807) is 0 Å². The van der Waals surface area contributed by atoms with Crippen molar-refractivity contribution in [3.8, 4) is 11.3 Å². The minimum absolute atomic E-state index is 0.0228. The Morgan fingerprint density at radius 1 is 0.971 bits per heavy atom. The van der Waals surface area contributed by atoms with Gasteiger partial charge in [-0.2, -0.15) is 4.31 Å². The van der Waals surface area contributed by atoms with Crippen LogP contribution in [-0.4, -0.2) is 54.7 Å². The highest BCUT2D eigenvalue weighted by molar-refractivity contribution is 7.89. The molecule has 0 atom stereocenters. The Balaban J connectivity index is 1.34. The molecule has 1 saturated heterocycles. The third kappa shape index (κ3) is 4.82. The number of hydrogen-bond acceptors (Lipinski definition) is 5. The zero-order valence-corrected chi connectivity index (χ0v) is 18.5. The summed E-state index contributed by atoms with van der Waals surface area (Å²) in [6, 6.07) is 5.61. The summed E-state index contributed by atoms with van der Waals surface area (Å²) in [4.78, 5) is 17.2. The van der Waals surface area contributed by atoms with Gasteiger partial charge >= 0.3 is 0 Å². The summed E-state index contributed by atoms with van der Waals surface area (Å²) >= 11 is 0. The first kappa shape index (κ1) is 23.9. The normalized spacial score (nSPS) is 15.0. The van der Waals surface area contributed by atoms with Crippen LogP contribution in [0.25, 0.3) is 11.3 Å². The Kier molecular flexibility index (Phi) is 6.71. The first-order chi connectivity index (χ1) is 16.2. The first-order valence-corrected chi connectivity index (χ1v) is 11.7. The largest absolute Gasteiger partial charge is 0.441 e. The molecule has 0 unspecified atom stereocenters. The number of nitrogens with zero attached hydrogens (tertiary/aromatic N) is 3. The highest BCUT2D eigenvalue weighted by Crippen LogP contribution is 2.27. The molecule has 4 rings (SSSR count). The zero-order valence-electron chi connectivity index (χ0n) is 17.7. The maximum Gasteiger partial charge on any atom is 0.246 e. The quantitative estimate of drug-likeness (QED) is 0.488. The smallest absolute Gasteiger partial charge is 0.246 e. The SMILES string of the molecule is O=C(CCc1ncc(-c2c(F)cccc2F)o1)N1CCN(S(=O)(=O)c2cc(F)ccc2F)CC1. The number of rotatable bonds is 6. The van der Waals surface area contributed by atoms with Crippen molar-refractivity contribution in [2.24, 2.45) is 0 Å². The number of halogens is 4. The molecule has 7 nitrogen and oxygen atoms in total. The van der Waals surface area contributed by atoms with Gasteiger partial charge in [-0.25, -0.2) is 31.0 Å². The molecule has 180 valence electrons. The predicted molar refractivity (Wildman–Crippen MR) is 112 cm³/mol. The van der Waals surface area contributed by atoms with E-state index in [0.29, 0.717) is 6.07 Å². The topological polar surface area (TPSA) is 83.7 Å². The lowest BCUT2D eigenvalue weighted by atomic mass is 10.1. The van der Waals surface area contributed by atoms with E-state index in [0.717, 1.165) is 28.6 Å². The molecule has 1 amide bonds. The summed E-state index contributed by atoms with van der Waals surface area (Å²) in [5.41, 5.74) is -0.348. The van der Waals surface area contributed by atoms with Gasteiger partial charge in [-0.3, -0.25) is 4.79 Å². The number of benzene rings is 2. The molecule has 0 aliphatic carbocycles. The Morgan fingerprint density at radius 3 is 2.32 bits per heavy atom. The standard InChI is InChI=1S/C22H19F4N3O4S/c23-14-4-5-15(24)19(12-14)34(31,32)29-10-8-28(9-11-29)21(30)7-6-20-27-13-18(33-20)22-16(25)2-1-3-17(22)26/h1-5,12-13H,6-11H2. The van der Waals surface area contributed by atoms with E-state index in [4.69, 9.17) is 4.42 Å². The van der Waals surface area contributed by atoms with E-state index in [1.165, 1.54) is 17.2 Å². The van der Waals surface area contributed by atoms with Crippen LogP contribution in [0.15, 0.2) is 51.9 Å². The molecule has 3 aromatic rings. The van der Waals surface area contributed by atoms with Gasteiger partial charge in [-0.15, -0.1) is 0 Å². The van der Waals surface area contributed by atoms with E-state index in [1.807, 2.05) is 0 Å². The zero-order chi connectivity index (χ0) is 24.5. The Labute approximate surface area is 192 Å². The minimum atomic E-state index is -4.26.